The zero-order valence-electron chi connectivity index (χ0n) is 19.5. The molecule has 0 aromatic rings. The highest BCUT2D eigenvalue weighted by Crippen LogP contribution is 2.27. The number of carbonyl (C=O) groups is 4. The van der Waals surface area contributed by atoms with Gasteiger partial charge in [0.25, 0.3) is 5.91 Å². The SMILES string of the molecule is CC(OC(C)(C)C)C(NC(=O)O)C(=O)NC(CC1CCCCC1)C(=O)NNCCC(N)=O. The van der Waals surface area contributed by atoms with Crippen molar-refractivity contribution in [2.45, 2.75) is 96.4 Å². The molecule has 11 nitrogen and oxygen atoms in total. The van der Waals surface area contributed by atoms with Gasteiger partial charge in [0.2, 0.25) is 11.8 Å². The Hall–Kier alpha value is -2.40. The lowest BCUT2D eigenvalue weighted by Crippen LogP contribution is -2.59. The number of primary amides is 1. The Kier molecular flexibility index (Phi) is 11.4. The van der Waals surface area contributed by atoms with E-state index in [1.54, 1.807) is 27.7 Å². The second-order valence-electron chi connectivity index (χ2n) is 9.30. The lowest BCUT2D eigenvalue weighted by molar-refractivity contribution is -0.135. The zero-order chi connectivity index (χ0) is 24.3. The summed E-state index contributed by atoms with van der Waals surface area (Å²) >= 11 is 0. The van der Waals surface area contributed by atoms with Gasteiger partial charge in [-0.15, -0.1) is 0 Å². The van der Waals surface area contributed by atoms with Crippen molar-refractivity contribution in [1.82, 2.24) is 21.5 Å². The second kappa shape index (κ2) is 13.2. The van der Waals surface area contributed by atoms with E-state index in [0.29, 0.717) is 6.42 Å². The van der Waals surface area contributed by atoms with Gasteiger partial charge in [-0.25, -0.2) is 10.2 Å². The van der Waals surface area contributed by atoms with E-state index in [-0.39, 0.29) is 18.9 Å². The van der Waals surface area contributed by atoms with Crippen LogP contribution in [0.4, 0.5) is 4.79 Å². The Morgan fingerprint density at radius 3 is 2.22 bits per heavy atom. The first kappa shape index (κ1) is 27.6. The van der Waals surface area contributed by atoms with Gasteiger partial charge in [-0.1, -0.05) is 32.1 Å². The van der Waals surface area contributed by atoms with Crippen LogP contribution in [0.5, 0.6) is 0 Å². The van der Waals surface area contributed by atoms with Gasteiger partial charge in [-0.05, 0) is 40.0 Å². The first-order chi connectivity index (χ1) is 14.9. The van der Waals surface area contributed by atoms with Crippen LogP contribution in [0, 0.1) is 5.92 Å². The molecule has 0 saturated heterocycles. The molecule has 1 saturated carbocycles. The van der Waals surface area contributed by atoms with Crippen LogP contribution in [-0.2, 0) is 19.1 Å². The number of hydrazine groups is 1. The minimum absolute atomic E-state index is 0.0478. The molecule has 1 aliphatic rings. The number of ether oxygens (including phenoxy) is 1. The Balaban J connectivity index is 2.89. The molecule has 0 heterocycles. The van der Waals surface area contributed by atoms with E-state index in [0.717, 1.165) is 32.1 Å². The maximum absolute atomic E-state index is 13.0. The van der Waals surface area contributed by atoms with Crippen LogP contribution in [0.2, 0.25) is 0 Å². The number of nitrogens with two attached hydrogens (primary N) is 1. The molecule has 3 unspecified atom stereocenters. The summed E-state index contributed by atoms with van der Waals surface area (Å²) in [4.78, 5) is 47.9. The van der Waals surface area contributed by atoms with Crippen LogP contribution in [-0.4, -0.2) is 59.3 Å². The summed E-state index contributed by atoms with van der Waals surface area (Å²) in [5.74, 6) is -1.34. The van der Waals surface area contributed by atoms with E-state index >= 15 is 0 Å². The van der Waals surface area contributed by atoms with Crippen molar-refractivity contribution < 1.29 is 29.0 Å². The molecule has 32 heavy (non-hydrogen) atoms. The molecular weight excluding hydrogens is 418 g/mol. The lowest BCUT2D eigenvalue weighted by Gasteiger charge is -2.32. The van der Waals surface area contributed by atoms with Crippen LogP contribution >= 0.6 is 0 Å². The fourth-order valence-corrected chi connectivity index (χ4v) is 3.83. The molecule has 3 atom stereocenters. The van der Waals surface area contributed by atoms with E-state index < -0.39 is 47.6 Å². The molecule has 1 fully saturated rings. The van der Waals surface area contributed by atoms with Crippen LogP contribution < -0.4 is 27.2 Å². The van der Waals surface area contributed by atoms with Gasteiger partial charge in [0.1, 0.15) is 12.1 Å². The number of hydrogen-bond acceptors (Lipinski definition) is 6. The second-order valence-corrected chi connectivity index (χ2v) is 9.30. The number of amides is 4. The van der Waals surface area contributed by atoms with E-state index in [1.165, 1.54) is 0 Å². The van der Waals surface area contributed by atoms with Gasteiger partial charge in [0, 0.05) is 13.0 Å². The zero-order valence-corrected chi connectivity index (χ0v) is 19.5. The molecule has 0 aliphatic heterocycles. The smallest absolute Gasteiger partial charge is 0.405 e. The molecule has 11 heteroatoms. The quantitative estimate of drug-likeness (QED) is 0.185. The van der Waals surface area contributed by atoms with Crippen LogP contribution in [0.25, 0.3) is 0 Å². The Bertz CT molecular complexity index is 645. The van der Waals surface area contributed by atoms with Crippen LogP contribution in [0.15, 0.2) is 0 Å². The molecule has 0 aromatic carbocycles. The molecule has 7 N–H and O–H groups in total. The summed E-state index contributed by atoms with van der Waals surface area (Å²) in [5, 5.41) is 14.1. The Labute approximate surface area is 189 Å². The summed E-state index contributed by atoms with van der Waals surface area (Å²) < 4.78 is 5.77. The van der Waals surface area contributed by atoms with Crippen molar-refractivity contribution in [2.75, 3.05) is 6.54 Å². The third kappa shape index (κ3) is 11.3. The summed E-state index contributed by atoms with van der Waals surface area (Å²) in [6.45, 7) is 7.17. The van der Waals surface area contributed by atoms with Crippen molar-refractivity contribution in [3.05, 3.63) is 0 Å². The molecule has 1 rings (SSSR count). The average molecular weight is 458 g/mol. The van der Waals surface area contributed by atoms with E-state index in [9.17, 15) is 24.3 Å². The number of hydrogen-bond donors (Lipinski definition) is 6. The highest BCUT2D eigenvalue weighted by Gasteiger charge is 2.34. The van der Waals surface area contributed by atoms with Crippen molar-refractivity contribution >= 4 is 23.8 Å². The normalized spacial score (nSPS) is 17.6. The van der Waals surface area contributed by atoms with Gasteiger partial charge >= 0.3 is 6.09 Å². The molecule has 1 aliphatic carbocycles. The predicted octanol–water partition coefficient (Wildman–Crippen LogP) is 0.778. The number of nitrogens with one attached hydrogen (secondary N) is 4. The third-order valence-corrected chi connectivity index (χ3v) is 5.21. The topological polar surface area (TPSA) is 172 Å². The lowest BCUT2D eigenvalue weighted by atomic mass is 9.84. The monoisotopic (exact) mass is 457 g/mol. The van der Waals surface area contributed by atoms with Crippen LogP contribution in [0.3, 0.4) is 0 Å². The Morgan fingerprint density at radius 1 is 1.06 bits per heavy atom. The first-order valence-electron chi connectivity index (χ1n) is 11.2. The number of carboxylic acid groups (broad SMARTS) is 1. The molecule has 0 bridgehead atoms. The van der Waals surface area contributed by atoms with Gasteiger partial charge in [0.05, 0.1) is 11.7 Å². The highest BCUT2D eigenvalue weighted by atomic mass is 16.5. The van der Waals surface area contributed by atoms with Gasteiger partial charge < -0.3 is 26.2 Å². The van der Waals surface area contributed by atoms with Crippen molar-refractivity contribution in [3.8, 4) is 0 Å². The third-order valence-electron chi connectivity index (χ3n) is 5.21. The minimum Gasteiger partial charge on any atom is -0.465 e. The summed E-state index contributed by atoms with van der Waals surface area (Å²) in [6, 6.07) is -2.07. The van der Waals surface area contributed by atoms with Gasteiger partial charge in [-0.3, -0.25) is 19.8 Å². The number of rotatable bonds is 12. The highest BCUT2D eigenvalue weighted by molar-refractivity contribution is 5.91. The first-order valence-corrected chi connectivity index (χ1v) is 11.2. The van der Waals surface area contributed by atoms with Crippen molar-refractivity contribution in [3.63, 3.8) is 0 Å². The Morgan fingerprint density at radius 2 is 1.69 bits per heavy atom. The largest absolute Gasteiger partial charge is 0.465 e. The summed E-state index contributed by atoms with van der Waals surface area (Å²) in [7, 11) is 0. The van der Waals surface area contributed by atoms with Crippen LogP contribution in [0.1, 0.15) is 72.6 Å². The summed E-state index contributed by atoms with van der Waals surface area (Å²) in [5.41, 5.74) is 9.63. The van der Waals surface area contributed by atoms with Gasteiger partial charge in [0.15, 0.2) is 0 Å². The maximum atomic E-state index is 13.0. The van der Waals surface area contributed by atoms with E-state index in [1.807, 2.05) is 0 Å². The molecule has 0 radical (unpaired) electrons. The molecule has 184 valence electrons. The fraction of sp³-hybridized carbons (Fsp3) is 0.810. The minimum atomic E-state index is -1.36. The maximum Gasteiger partial charge on any atom is 0.405 e. The molecular formula is C21H39N5O6. The van der Waals surface area contributed by atoms with E-state index in [4.69, 9.17) is 10.5 Å². The van der Waals surface area contributed by atoms with Gasteiger partial charge in [-0.2, -0.15) is 0 Å². The molecule has 0 aromatic heterocycles. The summed E-state index contributed by atoms with van der Waals surface area (Å²) in [6.07, 6.45) is 3.59. The average Bonchev–Trinajstić information content (AvgIpc) is 2.67. The number of carbonyl (C=O) groups excluding carboxylic acids is 3. The molecule has 0 spiro atoms. The predicted molar refractivity (Wildman–Crippen MR) is 118 cm³/mol. The van der Waals surface area contributed by atoms with Crippen molar-refractivity contribution in [1.29, 1.82) is 0 Å². The molecule has 4 amide bonds. The van der Waals surface area contributed by atoms with Crippen molar-refractivity contribution in [2.24, 2.45) is 11.7 Å². The fourth-order valence-electron chi connectivity index (χ4n) is 3.83. The van der Waals surface area contributed by atoms with E-state index in [2.05, 4.69) is 21.5 Å². The standard InChI is InChI=1S/C21H39N5O6/c1-13(32-21(2,3)4)17(25-20(30)31)19(29)24-15(12-14-8-6-5-7-9-14)18(28)26-23-11-10-16(22)27/h13-15,17,23,25H,5-12H2,1-4H3,(H2,22,27)(H,24,29)(H,26,28)(H,30,31).